The zero-order valence-electron chi connectivity index (χ0n) is 15.5. The Kier molecular flexibility index (Phi) is 2.91. The SMILES string of the molecule is C[C@]12CC[C@H]3[C@@H](CCC4=CC5OC5C[C@@]43C)[C@@H]1CC[C@@H]2c1ccoc1. The second-order valence-electron chi connectivity index (χ2n) is 10.1. The summed E-state index contributed by atoms with van der Waals surface area (Å²) < 4.78 is 11.3. The van der Waals surface area contributed by atoms with Gasteiger partial charge in [0.15, 0.2) is 0 Å². The molecule has 1 aromatic heterocycles. The molecule has 0 bridgehead atoms. The topological polar surface area (TPSA) is 25.7 Å². The van der Waals surface area contributed by atoms with Crippen molar-refractivity contribution in [3.8, 4) is 0 Å². The van der Waals surface area contributed by atoms with Gasteiger partial charge in [-0.1, -0.05) is 25.5 Å². The smallest absolute Gasteiger partial charge is 0.103 e. The van der Waals surface area contributed by atoms with Gasteiger partial charge in [-0.25, -0.2) is 0 Å². The van der Waals surface area contributed by atoms with Crippen molar-refractivity contribution in [2.45, 2.75) is 76.9 Å². The van der Waals surface area contributed by atoms with Crippen LogP contribution in [0.3, 0.4) is 0 Å². The molecule has 0 N–H and O–H groups in total. The first kappa shape index (κ1) is 15.1. The highest BCUT2D eigenvalue weighted by Gasteiger charge is 2.61. The molecule has 1 saturated heterocycles. The third-order valence-electron chi connectivity index (χ3n) is 9.29. The Hall–Kier alpha value is -1.02. The average Bonchev–Trinajstić information content (AvgIpc) is 2.98. The molecule has 8 atom stereocenters. The van der Waals surface area contributed by atoms with E-state index in [1.165, 1.54) is 50.5 Å². The molecule has 25 heavy (non-hydrogen) atoms. The van der Waals surface area contributed by atoms with Crippen molar-refractivity contribution < 1.29 is 9.15 Å². The maximum Gasteiger partial charge on any atom is 0.103 e. The van der Waals surface area contributed by atoms with E-state index in [4.69, 9.17) is 9.15 Å². The molecule has 4 aliphatic carbocycles. The van der Waals surface area contributed by atoms with Gasteiger partial charge in [-0.2, -0.15) is 0 Å². The fourth-order valence-corrected chi connectivity index (χ4v) is 7.99. The Morgan fingerprint density at radius 1 is 1.08 bits per heavy atom. The molecule has 0 spiro atoms. The molecule has 4 fully saturated rings. The first-order valence-electron chi connectivity index (χ1n) is 10.5. The predicted octanol–water partition coefficient (Wildman–Crippen LogP) is 5.70. The second-order valence-corrected chi connectivity index (χ2v) is 10.1. The van der Waals surface area contributed by atoms with Gasteiger partial charge < -0.3 is 9.15 Å². The Morgan fingerprint density at radius 2 is 2.00 bits per heavy atom. The van der Waals surface area contributed by atoms with Gasteiger partial charge in [0.05, 0.1) is 18.6 Å². The molecule has 6 rings (SSSR count). The third-order valence-corrected chi connectivity index (χ3v) is 9.29. The fraction of sp³-hybridized carbons (Fsp3) is 0.739. The molecule has 1 aliphatic heterocycles. The molecule has 2 unspecified atom stereocenters. The van der Waals surface area contributed by atoms with Crippen LogP contribution in [0.4, 0.5) is 0 Å². The first-order valence-corrected chi connectivity index (χ1v) is 10.5. The molecule has 0 aromatic carbocycles. The van der Waals surface area contributed by atoms with Crippen LogP contribution in [0.1, 0.15) is 70.3 Å². The van der Waals surface area contributed by atoms with Gasteiger partial charge in [0.2, 0.25) is 0 Å². The lowest BCUT2D eigenvalue weighted by atomic mass is 9.46. The monoisotopic (exact) mass is 338 g/mol. The lowest BCUT2D eigenvalue weighted by molar-refractivity contribution is -0.0416. The number of furan rings is 1. The minimum absolute atomic E-state index is 0.426. The zero-order valence-corrected chi connectivity index (χ0v) is 15.5. The molecular weight excluding hydrogens is 308 g/mol. The summed E-state index contributed by atoms with van der Waals surface area (Å²) in [7, 11) is 0. The van der Waals surface area contributed by atoms with E-state index < -0.39 is 0 Å². The lowest BCUT2D eigenvalue weighted by Crippen LogP contribution is -2.50. The normalized spacial score (nSPS) is 53.3. The quantitative estimate of drug-likeness (QED) is 0.484. The van der Waals surface area contributed by atoms with Gasteiger partial charge in [0.25, 0.3) is 0 Å². The summed E-state index contributed by atoms with van der Waals surface area (Å²) in [6.07, 6.45) is 17.0. The largest absolute Gasteiger partial charge is 0.472 e. The van der Waals surface area contributed by atoms with E-state index in [2.05, 4.69) is 26.0 Å². The molecule has 2 heterocycles. The molecule has 0 radical (unpaired) electrons. The number of fused-ring (bicyclic) bond motifs is 6. The summed E-state index contributed by atoms with van der Waals surface area (Å²) in [5, 5.41) is 0. The summed E-state index contributed by atoms with van der Waals surface area (Å²) in [6.45, 7) is 5.19. The first-order chi connectivity index (χ1) is 12.1. The Balaban J connectivity index is 1.34. The van der Waals surface area contributed by atoms with Crippen LogP contribution in [-0.4, -0.2) is 12.2 Å². The maximum absolute atomic E-state index is 5.90. The highest BCUT2D eigenvalue weighted by Crippen LogP contribution is 2.69. The van der Waals surface area contributed by atoms with Gasteiger partial charge in [-0.15, -0.1) is 0 Å². The molecule has 0 amide bonds. The molecule has 2 heteroatoms. The van der Waals surface area contributed by atoms with Crippen LogP contribution in [0.25, 0.3) is 0 Å². The standard InChI is InChI=1S/C23H30O2/c1-22-9-7-19-16(18(22)6-5-17(22)14-8-10-24-13-14)4-3-15-11-20-21(25-20)12-23(15,19)2/h8,10-11,13,16-21H,3-7,9,12H2,1-2H3/t16-,17+,18-,19-,20?,21?,22+,23-/m0/s1. The van der Waals surface area contributed by atoms with E-state index in [0.717, 1.165) is 17.8 Å². The van der Waals surface area contributed by atoms with Crippen molar-refractivity contribution >= 4 is 0 Å². The van der Waals surface area contributed by atoms with Gasteiger partial charge in [0, 0.05) is 0 Å². The van der Waals surface area contributed by atoms with Crippen LogP contribution in [0.5, 0.6) is 0 Å². The molecule has 3 saturated carbocycles. The number of ether oxygens (including phenoxy) is 1. The zero-order chi connectivity index (χ0) is 16.8. The summed E-state index contributed by atoms with van der Waals surface area (Å²) in [6, 6.07) is 2.22. The second kappa shape index (κ2) is 4.82. The van der Waals surface area contributed by atoms with Crippen molar-refractivity contribution in [2.24, 2.45) is 28.6 Å². The number of hydrogen-bond acceptors (Lipinski definition) is 2. The van der Waals surface area contributed by atoms with Crippen molar-refractivity contribution in [3.63, 3.8) is 0 Å². The van der Waals surface area contributed by atoms with Crippen LogP contribution in [0, 0.1) is 28.6 Å². The molecular formula is C23H30O2. The summed E-state index contributed by atoms with van der Waals surface area (Å²) in [5.74, 6) is 3.43. The predicted molar refractivity (Wildman–Crippen MR) is 97.2 cm³/mol. The summed E-state index contributed by atoms with van der Waals surface area (Å²) in [5.41, 5.74) is 4.12. The molecule has 5 aliphatic rings. The highest BCUT2D eigenvalue weighted by molar-refractivity contribution is 5.31. The van der Waals surface area contributed by atoms with Crippen LogP contribution in [0.2, 0.25) is 0 Å². The van der Waals surface area contributed by atoms with E-state index in [0.29, 0.717) is 29.0 Å². The molecule has 2 nitrogen and oxygen atoms in total. The highest BCUT2D eigenvalue weighted by atomic mass is 16.6. The molecule has 134 valence electrons. The van der Waals surface area contributed by atoms with Crippen LogP contribution >= 0.6 is 0 Å². The van der Waals surface area contributed by atoms with E-state index in [-0.39, 0.29) is 0 Å². The fourth-order valence-electron chi connectivity index (χ4n) is 7.99. The van der Waals surface area contributed by atoms with Crippen LogP contribution in [0.15, 0.2) is 34.7 Å². The molecule has 1 aromatic rings. The van der Waals surface area contributed by atoms with Gasteiger partial charge >= 0.3 is 0 Å². The number of allylic oxidation sites excluding steroid dienone is 1. The number of epoxide rings is 1. The minimum atomic E-state index is 0.426. The van der Waals surface area contributed by atoms with Crippen molar-refractivity contribution in [1.29, 1.82) is 0 Å². The summed E-state index contributed by atoms with van der Waals surface area (Å²) >= 11 is 0. The van der Waals surface area contributed by atoms with E-state index in [1.54, 1.807) is 5.57 Å². The third kappa shape index (κ3) is 1.90. The van der Waals surface area contributed by atoms with E-state index in [1.807, 2.05) is 12.5 Å². The van der Waals surface area contributed by atoms with Crippen LogP contribution < -0.4 is 0 Å². The van der Waals surface area contributed by atoms with Crippen molar-refractivity contribution in [1.82, 2.24) is 0 Å². The minimum Gasteiger partial charge on any atom is -0.472 e. The Bertz CT molecular complexity index is 718. The number of rotatable bonds is 1. The van der Waals surface area contributed by atoms with E-state index >= 15 is 0 Å². The van der Waals surface area contributed by atoms with Crippen molar-refractivity contribution in [3.05, 3.63) is 35.8 Å². The van der Waals surface area contributed by atoms with Crippen molar-refractivity contribution in [2.75, 3.05) is 0 Å². The lowest BCUT2D eigenvalue weighted by Gasteiger charge is -2.58. The maximum atomic E-state index is 5.90. The van der Waals surface area contributed by atoms with Gasteiger partial charge in [-0.05, 0) is 91.1 Å². The van der Waals surface area contributed by atoms with E-state index in [9.17, 15) is 0 Å². The number of hydrogen-bond donors (Lipinski definition) is 0. The Labute approximate surface area is 151 Å². The van der Waals surface area contributed by atoms with Gasteiger partial charge in [-0.3, -0.25) is 0 Å². The average molecular weight is 338 g/mol. The summed E-state index contributed by atoms with van der Waals surface area (Å²) in [4.78, 5) is 0. The van der Waals surface area contributed by atoms with Gasteiger partial charge in [0.1, 0.15) is 6.10 Å². The Morgan fingerprint density at radius 3 is 2.84 bits per heavy atom. The van der Waals surface area contributed by atoms with Crippen LogP contribution in [-0.2, 0) is 4.74 Å².